The normalized spacial score (nSPS) is 29.1. The molecule has 2 fully saturated rings. The molecule has 1 aromatic heterocycles. The summed E-state index contributed by atoms with van der Waals surface area (Å²) in [7, 11) is 0. The fourth-order valence-electron chi connectivity index (χ4n) is 2.78. The third kappa shape index (κ3) is 1.64. The highest BCUT2D eigenvalue weighted by Gasteiger charge is 2.37. The Balaban J connectivity index is 1.80. The van der Waals surface area contributed by atoms with E-state index in [1.807, 2.05) is 4.90 Å². The molecule has 3 heterocycles. The number of fused-ring (bicyclic) bond motifs is 1. The molecule has 0 aliphatic carbocycles. The molecule has 2 aliphatic rings. The van der Waals surface area contributed by atoms with Gasteiger partial charge in [0.15, 0.2) is 0 Å². The molecule has 2 saturated heterocycles. The van der Waals surface area contributed by atoms with Crippen LogP contribution < -0.4 is 5.32 Å². The lowest BCUT2D eigenvalue weighted by Gasteiger charge is -2.36. The van der Waals surface area contributed by atoms with E-state index in [2.05, 4.69) is 10.3 Å². The van der Waals surface area contributed by atoms with Crippen LogP contribution in [0.15, 0.2) is 11.7 Å². The average Bonchev–Trinajstić information content (AvgIpc) is 2.98. The van der Waals surface area contributed by atoms with Crippen molar-refractivity contribution in [3.8, 4) is 0 Å². The summed E-state index contributed by atoms with van der Waals surface area (Å²) in [4.78, 5) is 19.1. The molecule has 2 atom stereocenters. The molecule has 0 saturated carbocycles. The van der Waals surface area contributed by atoms with Crippen LogP contribution in [0.3, 0.4) is 0 Å². The molecular formula is C11H15N3OS. The summed E-state index contributed by atoms with van der Waals surface area (Å²) in [6, 6.07) is 0.406. The first-order valence-corrected chi connectivity index (χ1v) is 6.64. The van der Waals surface area contributed by atoms with Crippen LogP contribution >= 0.6 is 11.3 Å². The van der Waals surface area contributed by atoms with E-state index >= 15 is 0 Å². The number of hydrogen-bond acceptors (Lipinski definition) is 4. The number of nitrogens with one attached hydrogen (secondary N) is 1. The number of carbonyl (C=O) groups excluding carboxylic acids is 1. The van der Waals surface area contributed by atoms with Gasteiger partial charge in [-0.1, -0.05) is 0 Å². The van der Waals surface area contributed by atoms with Crippen LogP contribution in [0.1, 0.15) is 22.5 Å². The van der Waals surface area contributed by atoms with Crippen LogP contribution in [0, 0.1) is 5.92 Å². The summed E-state index contributed by atoms with van der Waals surface area (Å²) in [5.41, 5.74) is 1.72. The second-order valence-electron chi connectivity index (χ2n) is 4.49. The molecule has 3 rings (SSSR count). The fraction of sp³-hybridized carbons (Fsp3) is 0.636. The number of carbonyl (C=O) groups is 1. The molecule has 86 valence electrons. The number of aromatic nitrogens is 1. The number of nitrogens with zero attached hydrogens (tertiary/aromatic N) is 2. The largest absolute Gasteiger partial charge is 0.333 e. The second-order valence-corrected chi connectivity index (χ2v) is 5.38. The molecule has 4 nitrogen and oxygen atoms in total. The first-order valence-electron chi connectivity index (χ1n) is 5.76. The zero-order valence-corrected chi connectivity index (χ0v) is 9.87. The molecule has 16 heavy (non-hydrogen) atoms. The van der Waals surface area contributed by atoms with Crippen molar-refractivity contribution >= 4 is 17.2 Å². The van der Waals surface area contributed by atoms with Gasteiger partial charge in [0.1, 0.15) is 4.88 Å². The van der Waals surface area contributed by atoms with Gasteiger partial charge in [0.25, 0.3) is 5.91 Å². The van der Waals surface area contributed by atoms with Crippen molar-refractivity contribution in [2.75, 3.05) is 19.6 Å². The topological polar surface area (TPSA) is 45.2 Å². The van der Waals surface area contributed by atoms with E-state index in [9.17, 15) is 4.79 Å². The number of hydrogen-bond donors (Lipinski definition) is 1. The minimum absolute atomic E-state index is 0.168. The summed E-state index contributed by atoms with van der Waals surface area (Å²) >= 11 is 1.44. The van der Waals surface area contributed by atoms with E-state index < -0.39 is 0 Å². The maximum Gasteiger partial charge on any atom is 0.265 e. The first-order chi connectivity index (χ1) is 7.86. The highest BCUT2D eigenvalue weighted by molar-refractivity contribution is 7.11. The van der Waals surface area contributed by atoms with Crippen molar-refractivity contribution in [2.24, 2.45) is 5.92 Å². The summed E-state index contributed by atoms with van der Waals surface area (Å²) in [5, 5.41) is 3.39. The van der Waals surface area contributed by atoms with Gasteiger partial charge < -0.3 is 10.2 Å². The summed E-state index contributed by atoms with van der Waals surface area (Å²) in [5.74, 6) is 0.825. The molecule has 1 aromatic rings. The van der Waals surface area contributed by atoms with Crippen molar-refractivity contribution in [3.63, 3.8) is 0 Å². The molecule has 0 bridgehead atoms. The van der Waals surface area contributed by atoms with E-state index in [0.29, 0.717) is 12.0 Å². The van der Waals surface area contributed by atoms with Gasteiger partial charge in [0.2, 0.25) is 0 Å². The van der Waals surface area contributed by atoms with Crippen molar-refractivity contribution < 1.29 is 4.79 Å². The third-order valence-corrected chi connectivity index (χ3v) is 4.34. The Labute approximate surface area is 98.7 Å². The summed E-state index contributed by atoms with van der Waals surface area (Å²) in [6.45, 7) is 2.92. The van der Waals surface area contributed by atoms with Crippen molar-refractivity contribution in [1.82, 2.24) is 15.2 Å². The van der Waals surface area contributed by atoms with Crippen molar-refractivity contribution in [2.45, 2.75) is 18.9 Å². The predicted molar refractivity (Wildman–Crippen MR) is 62.5 cm³/mol. The van der Waals surface area contributed by atoms with Gasteiger partial charge in [-0.25, -0.2) is 0 Å². The predicted octanol–water partition coefficient (Wildman–Crippen LogP) is 0.967. The number of rotatable bonds is 1. The van der Waals surface area contributed by atoms with Gasteiger partial charge in [-0.2, -0.15) is 0 Å². The minimum atomic E-state index is 0.168. The quantitative estimate of drug-likeness (QED) is 0.791. The highest BCUT2D eigenvalue weighted by Crippen LogP contribution is 2.28. The Morgan fingerprint density at radius 3 is 3.31 bits per heavy atom. The number of thiazole rings is 1. The number of piperidine rings is 1. The van der Waals surface area contributed by atoms with Crippen LogP contribution in [-0.2, 0) is 0 Å². The molecule has 5 heteroatoms. The lowest BCUT2D eigenvalue weighted by molar-refractivity contribution is 0.0579. The van der Waals surface area contributed by atoms with Gasteiger partial charge in [-0.15, -0.1) is 11.3 Å². The number of likely N-dealkylation sites (tertiary alicyclic amines) is 1. The Hall–Kier alpha value is -0.940. The van der Waals surface area contributed by atoms with Crippen LogP contribution in [0.2, 0.25) is 0 Å². The molecule has 1 amide bonds. The van der Waals surface area contributed by atoms with E-state index in [4.69, 9.17) is 0 Å². The smallest absolute Gasteiger partial charge is 0.265 e. The molecule has 2 aliphatic heterocycles. The zero-order chi connectivity index (χ0) is 11.0. The van der Waals surface area contributed by atoms with Crippen LogP contribution in [0.5, 0.6) is 0 Å². The Morgan fingerprint density at radius 2 is 2.50 bits per heavy atom. The van der Waals surface area contributed by atoms with Crippen molar-refractivity contribution in [1.29, 1.82) is 0 Å². The van der Waals surface area contributed by atoms with Crippen LogP contribution in [0.4, 0.5) is 0 Å². The molecule has 2 unspecified atom stereocenters. The van der Waals surface area contributed by atoms with Gasteiger partial charge in [-0.05, 0) is 18.8 Å². The lowest BCUT2D eigenvalue weighted by Crippen LogP contribution is -2.48. The highest BCUT2D eigenvalue weighted by atomic mass is 32.1. The van der Waals surface area contributed by atoms with E-state index in [1.165, 1.54) is 17.8 Å². The average molecular weight is 237 g/mol. The first kappa shape index (κ1) is 10.2. The Kier molecular flexibility index (Phi) is 2.65. The third-order valence-electron chi connectivity index (χ3n) is 3.58. The minimum Gasteiger partial charge on any atom is -0.333 e. The van der Waals surface area contributed by atoms with Crippen LogP contribution in [-0.4, -0.2) is 41.5 Å². The fourth-order valence-corrected chi connectivity index (χ4v) is 3.36. The molecular weight excluding hydrogens is 222 g/mol. The van der Waals surface area contributed by atoms with E-state index in [0.717, 1.165) is 30.9 Å². The maximum atomic E-state index is 12.3. The number of amides is 1. The van der Waals surface area contributed by atoms with Gasteiger partial charge >= 0.3 is 0 Å². The zero-order valence-electron chi connectivity index (χ0n) is 9.06. The van der Waals surface area contributed by atoms with Gasteiger partial charge in [0, 0.05) is 25.7 Å². The maximum absolute atomic E-state index is 12.3. The van der Waals surface area contributed by atoms with Crippen molar-refractivity contribution in [3.05, 3.63) is 16.6 Å². The standard InChI is InChI=1S/C11H15N3OS/c15-11(10-6-13-7-16-10)14-3-1-2-8-4-12-5-9(8)14/h6-9,12H,1-5H2. The summed E-state index contributed by atoms with van der Waals surface area (Å²) < 4.78 is 0. The summed E-state index contributed by atoms with van der Waals surface area (Å²) in [6.07, 6.45) is 4.07. The second kappa shape index (κ2) is 4.14. The monoisotopic (exact) mass is 237 g/mol. The van der Waals surface area contributed by atoms with Gasteiger partial charge in [-0.3, -0.25) is 9.78 Å². The van der Waals surface area contributed by atoms with Crippen LogP contribution in [0.25, 0.3) is 0 Å². The van der Waals surface area contributed by atoms with E-state index in [1.54, 1.807) is 11.7 Å². The Morgan fingerprint density at radius 1 is 1.56 bits per heavy atom. The lowest BCUT2D eigenvalue weighted by atomic mass is 9.92. The molecule has 0 spiro atoms. The van der Waals surface area contributed by atoms with Gasteiger partial charge in [0.05, 0.1) is 11.7 Å². The molecule has 0 aromatic carbocycles. The molecule has 1 N–H and O–H groups in total. The SMILES string of the molecule is O=C(c1cncs1)N1CCCC2CNCC21. The van der Waals surface area contributed by atoms with E-state index in [-0.39, 0.29) is 5.91 Å². The molecule has 0 radical (unpaired) electrons. The Bertz CT molecular complexity index is 379.